The van der Waals surface area contributed by atoms with Gasteiger partial charge in [0.2, 0.25) is 0 Å². The van der Waals surface area contributed by atoms with Gasteiger partial charge in [-0.3, -0.25) is 10.00 Å². The maximum Gasteiger partial charge on any atom is 0.167 e. The van der Waals surface area contributed by atoms with Crippen LogP contribution in [0.4, 0.5) is 0 Å². The molecule has 4 heteroatoms. The summed E-state index contributed by atoms with van der Waals surface area (Å²) < 4.78 is 0. The molecule has 2 aromatic rings. The number of rotatable bonds is 4. The van der Waals surface area contributed by atoms with Crippen molar-refractivity contribution in [1.82, 2.24) is 20.1 Å². The molecular weight excluding hydrogens is 248 g/mol. The number of nitrogens with one attached hydrogen (secondary N) is 1. The molecule has 0 spiro atoms. The average molecular weight is 268 g/mol. The summed E-state index contributed by atoms with van der Waals surface area (Å²) in [7, 11) is 0. The Morgan fingerprint density at radius 2 is 2.20 bits per heavy atom. The highest BCUT2D eigenvalue weighted by Crippen LogP contribution is 2.29. The summed E-state index contributed by atoms with van der Waals surface area (Å²) in [5, 5.41) is 7.25. The topological polar surface area (TPSA) is 44.8 Å². The van der Waals surface area contributed by atoms with E-state index in [0.717, 1.165) is 31.2 Å². The van der Waals surface area contributed by atoms with E-state index in [1.165, 1.54) is 12.0 Å². The molecule has 104 valence electrons. The predicted molar refractivity (Wildman–Crippen MR) is 80.1 cm³/mol. The van der Waals surface area contributed by atoms with Crippen LogP contribution in [0.15, 0.2) is 36.4 Å². The van der Waals surface area contributed by atoms with E-state index in [0.29, 0.717) is 6.04 Å². The van der Waals surface area contributed by atoms with Crippen LogP contribution in [-0.2, 0) is 0 Å². The number of aromatic nitrogens is 3. The largest absolute Gasteiger partial charge is 0.290 e. The van der Waals surface area contributed by atoms with Gasteiger partial charge in [-0.1, -0.05) is 42.5 Å². The van der Waals surface area contributed by atoms with Crippen molar-refractivity contribution >= 4 is 6.08 Å². The molecule has 1 aromatic carbocycles. The minimum atomic E-state index is 0.361. The van der Waals surface area contributed by atoms with E-state index in [4.69, 9.17) is 0 Å². The first-order chi connectivity index (χ1) is 9.83. The molecule has 1 saturated heterocycles. The Morgan fingerprint density at radius 1 is 1.35 bits per heavy atom. The lowest BCUT2D eigenvalue weighted by Gasteiger charge is -2.20. The first-order valence-electron chi connectivity index (χ1n) is 7.17. The molecule has 0 bridgehead atoms. The van der Waals surface area contributed by atoms with Crippen LogP contribution in [0.1, 0.15) is 36.1 Å². The molecule has 1 N–H and O–H groups in total. The van der Waals surface area contributed by atoms with Gasteiger partial charge in [-0.15, -0.1) is 0 Å². The van der Waals surface area contributed by atoms with Crippen molar-refractivity contribution in [3.8, 4) is 0 Å². The van der Waals surface area contributed by atoms with Crippen molar-refractivity contribution in [3.05, 3.63) is 53.6 Å². The smallest absolute Gasteiger partial charge is 0.167 e. The van der Waals surface area contributed by atoms with Crippen LogP contribution in [0, 0.1) is 6.92 Å². The third-order valence-electron chi connectivity index (χ3n) is 3.73. The van der Waals surface area contributed by atoms with Crippen molar-refractivity contribution in [2.45, 2.75) is 25.8 Å². The zero-order chi connectivity index (χ0) is 13.8. The number of H-pyrrole nitrogens is 1. The van der Waals surface area contributed by atoms with Gasteiger partial charge >= 0.3 is 0 Å². The Bertz CT molecular complexity index is 573. The lowest BCUT2D eigenvalue weighted by molar-refractivity contribution is 0.276. The van der Waals surface area contributed by atoms with Crippen molar-refractivity contribution in [3.63, 3.8) is 0 Å². The number of aryl methyl sites for hydroxylation is 1. The Kier molecular flexibility index (Phi) is 3.92. The van der Waals surface area contributed by atoms with Gasteiger partial charge in [0, 0.05) is 6.54 Å². The predicted octanol–water partition coefficient (Wildman–Crippen LogP) is 2.96. The van der Waals surface area contributed by atoms with E-state index in [1.807, 2.05) is 13.0 Å². The van der Waals surface area contributed by atoms with Gasteiger partial charge in [0.15, 0.2) is 5.82 Å². The standard InChI is InChI=1S/C16H20N4/c1-13-17-16(19-18-13)15-10-6-12-20(15)11-5-9-14-7-3-2-4-8-14/h2-5,7-9,15H,6,10-12H2,1H3,(H,17,18,19)/b9-5+/t15-/m1/s1. The molecule has 0 amide bonds. The lowest BCUT2D eigenvalue weighted by atomic mass is 10.2. The first kappa shape index (κ1) is 13.1. The molecule has 1 aliphatic heterocycles. The summed E-state index contributed by atoms with van der Waals surface area (Å²) in [6, 6.07) is 10.8. The van der Waals surface area contributed by atoms with E-state index in [-0.39, 0.29) is 0 Å². The van der Waals surface area contributed by atoms with Crippen LogP contribution in [0.3, 0.4) is 0 Å². The zero-order valence-corrected chi connectivity index (χ0v) is 11.8. The Balaban J connectivity index is 1.63. The molecule has 0 radical (unpaired) electrons. The molecular formula is C16H20N4. The number of nitrogens with zero attached hydrogens (tertiary/aromatic N) is 3. The van der Waals surface area contributed by atoms with Crippen LogP contribution in [0.5, 0.6) is 0 Å². The molecule has 1 fully saturated rings. The molecule has 1 atom stereocenters. The summed E-state index contributed by atoms with van der Waals surface area (Å²) in [5.41, 5.74) is 1.25. The minimum absolute atomic E-state index is 0.361. The van der Waals surface area contributed by atoms with Crippen LogP contribution in [0.2, 0.25) is 0 Å². The van der Waals surface area contributed by atoms with Gasteiger partial charge in [-0.25, -0.2) is 4.98 Å². The fourth-order valence-corrected chi connectivity index (χ4v) is 2.73. The molecule has 1 aliphatic rings. The summed E-state index contributed by atoms with van der Waals surface area (Å²) in [6.07, 6.45) is 6.78. The van der Waals surface area contributed by atoms with E-state index in [2.05, 4.69) is 56.5 Å². The first-order valence-corrected chi connectivity index (χ1v) is 7.17. The van der Waals surface area contributed by atoms with E-state index < -0.39 is 0 Å². The van der Waals surface area contributed by atoms with Crippen LogP contribution in [-0.4, -0.2) is 33.2 Å². The van der Waals surface area contributed by atoms with Crippen LogP contribution < -0.4 is 0 Å². The quantitative estimate of drug-likeness (QED) is 0.927. The third kappa shape index (κ3) is 2.96. The zero-order valence-electron chi connectivity index (χ0n) is 11.8. The van der Waals surface area contributed by atoms with Crippen molar-refractivity contribution in [2.24, 2.45) is 0 Å². The third-order valence-corrected chi connectivity index (χ3v) is 3.73. The number of hydrogen-bond acceptors (Lipinski definition) is 3. The second-order valence-electron chi connectivity index (χ2n) is 5.25. The second-order valence-corrected chi connectivity index (χ2v) is 5.25. The SMILES string of the molecule is Cc1nc([C@H]2CCCN2C/C=C/c2ccccc2)n[nH]1. The molecule has 1 aromatic heterocycles. The Labute approximate surface area is 119 Å². The lowest BCUT2D eigenvalue weighted by Crippen LogP contribution is -2.24. The number of aromatic amines is 1. The number of hydrogen-bond donors (Lipinski definition) is 1. The maximum absolute atomic E-state index is 4.48. The molecule has 0 aliphatic carbocycles. The van der Waals surface area contributed by atoms with Gasteiger partial charge < -0.3 is 0 Å². The van der Waals surface area contributed by atoms with Crippen LogP contribution in [0.25, 0.3) is 6.08 Å². The fourth-order valence-electron chi connectivity index (χ4n) is 2.73. The number of likely N-dealkylation sites (tertiary alicyclic amines) is 1. The molecule has 0 saturated carbocycles. The van der Waals surface area contributed by atoms with Gasteiger partial charge in [-0.05, 0) is 31.9 Å². The van der Waals surface area contributed by atoms with Crippen molar-refractivity contribution < 1.29 is 0 Å². The molecule has 3 rings (SSSR count). The van der Waals surface area contributed by atoms with E-state index in [9.17, 15) is 0 Å². The van der Waals surface area contributed by atoms with Crippen LogP contribution >= 0.6 is 0 Å². The van der Waals surface area contributed by atoms with Gasteiger partial charge in [0.1, 0.15) is 5.82 Å². The summed E-state index contributed by atoms with van der Waals surface area (Å²) in [6.45, 7) is 4.02. The van der Waals surface area contributed by atoms with Gasteiger partial charge in [0.25, 0.3) is 0 Å². The highest BCUT2D eigenvalue weighted by Gasteiger charge is 2.27. The Morgan fingerprint density at radius 3 is 2.95 bits per heavy atom. The van der Waals surface area contributed by atoms with Gasteiger partial charge in [0.05, 0.1) is 6.04 Å². The molecule has 20 heavy (non-hydrogen) atoms. The molecule has 4 nitrogen and oxygen atoms in total. The summed E-state index contributed by atoms with van der Waals surface area (Å²) >= 11 is 0. The minimum Gasteiger partial charge on any atom is -0.290 e. The second kappa shape index (κ2) is 6.01. The number of benzene rings is 1. The highest BCUT2D eigenvalue weighted by molar-refractivity contribution is 5.48. The van der Waals surface area contributed by atoms with Crippen molar-refractivity contribution in [2.75, 3.05) is 13.1 Å². The average Bonchev–Trinajstić information content (AvgIpc) is 3.09. The highest BCUT2D eigenvalue weighted by atomic mass is 15.3. The van der Waals surface area contributed by atoms with Crippen molar-refractivity contribution in [1.29, 1.82) is 0 Å². The summed E-state index contributed by atoms with van der Waals surface area (Å²) in [4.78, 5) is 6.92. The van der Waals surface area contributed by atoms with E-state index >= 15 is 0 Å². The normalized spacial score (nSPS) is 19.9. The van der Waals surface area contributed by atoms with Gasteiger partial charge in [-0.2, -0.15) is 5.10 Å². The summed E-state index contributed by atoms with van der Waals surface area (Å²) in [5.74, 6) is 1.83. The fraction of sp³-hybridized carbons (Fsp3) is 0.375. The maximum atomic E-state index is 4.48. The molecule has 2 heterocycles. The monoisotopic (exact) mass is 268 g/mol. The Hall–Kier alpha value is -1.94. The van der Waals surface area contributed by atoms with E-state index in [1.54, 1.807) is 0 Å². The molecule has 0 unspecified atom stereocenters.